The first-order chi connectivity index (χ1) is 6.52. The fraction of sp³-hybridized carbons (Fsp3) is 1.00. The van der Waals surface area contributed by atoms with E-state index < -0.39 is 0 Å². The second-order valence-corrected chi connectivity index (χ2v) is 5.38. The first-order valence-electron chi connectivity index (χ1n) is 6.22. The molecule has 1 N–H and O–H groups in total. The Balaban J connectivity index is 3.60. The third-order valence-electron chi connectivity index (χ3n) is 3.00. The lowest BCUT2D eigenvalue weighted by molar-refractivity contribution is 0.250. The third-order valence-corrected chi connectivity index (χ3v) is 3.00. The quantitative estimate of drug-likeness (QED) is 0.586. The average molecular weight is 199 g/mol. The molecule has 14 heavy (non-hydrogen) atoms. The largest absolute Gasteiger partial charge is 0.317 e. The van der Waals surface area contributed by atoms with Gasteiger partial charge in [-0.2, -0.15) is 0 Å². The van der Waals surface area contributed by atoms with Gasteiger partial charge in [0.25, 0.3) is 0 Å². The Bertz CT molecular complexity index is 129. The predicted octanol–water partition coefficient (Wildman–Crippen LogP) is 3.84. The molecule has 0 rings (SSSR count). The maximum Gasteiger partial charge on any atom is -0.00438 e. The van der Waals surface area contributed by atoms with Crippen LogP contribution >= 0.6 is 0 Å². The molecule has 0 aliphatic carbocycles. The molecule has 0 radical (unpaired) electrons. The molecule has 0 heterocycles. The van der Waals surface area contributed by atoms with Crippen LogP contribution in [0, 0.1) is 11.3 Å². The zero-order chi connectivity index (χ0) is 11.0. The van der Waals surface area contributed by atoms with Crippen LogP contribution in [-0.2, 0) is 0 Å². The van der Waals surface area contributed by atoms with Gasteiger partial charge in [0.2, 0.25) is 0 Å². The Morgan fingerprint density at radius 1 is 1.14 bits per heavy atom. The summed E-state index contributed by atoms with van der Waals surface area (Å²) in [5, 5.41) is 3.48. The molecule has 86 valence electrons. The zero-order valence-electron chi connectivity index (χ0n) is 10.8. The van der Waals surface area contributed by atoms with Gasteiger partial charge in [-0.3, -0.25) is 0 Å². The lowest BCUT2D eigenvalue weighted by Crippen LogP contribution is -2.24. The minimum Gasteiger partial charge on any atom is -0.317 e. The monoisotopic (exact) mass is 199 g/mol. The summed E-state index contributed by atoms with van der Waals surface area (Å²) in [6.07, 6.45) is 5.21. The topological polar surface area (TPSA) is 12.0 Å². The summed E-state index contributed by atoms with van der Waals surface area (Å²) in [6.45, 7) is 14.0. The summed E-state index contributed by atoms with van der Waals surface area (Å²) >= 11 is 0. The molecule has 0 bridgehead atoms. The van der Waals surface area contributed by atoms with Crippen LogP contribution in [0.25, 0.3) is 0 Å². The lowest BCUT2D eigenvalue weighted by Gasteiger charge is -2.27. The Hall–Kier alpha value is -0.0400. The van der Waals surface area contributed by atoms with Gasteiger partial charge in [-0.05, 0) is 43.7 Å². The van der Waals surface area contributed by atoms with Gasteiger partial charge in [-0.15, -0.1) is 0 Å². The summed E-state index contributed by atoms with van der Waals surface area (Å²) in [7, 11) is 0. The highest BCUT2D eigenvalue weighted by molar-refractivity contribution is 4.72. The highest BCUT2D eigenvalue weighted by Gasteiger charge is 2.19. The first kappa shape index (κ1) is 14.0. The molecule has 0 saturated carbocycles. The summed E-state index contributed by atoms with van der Waals surface area (Å²) in [6, 6.07) is 0. The molecular weight excluding hydrogens is 170 g/mol. The van der Waals surface area contributed by atoms with E-state index in [4.69, 9.17) is 0 Å². The van der Waals surface area contributed by atoms with Crippen molar-refractivity contribution in [2.75, 3.05) is 13.1 Å². The van der Waals surface area contributed by atoms with Crippen LogP contribution in [0.3, 0.4) is 0 Å². The molecular formula is C13H29N. The number of rotatable bonds is 8. The molecule has 1 unspecified atom stereocenters. The number of nitrogens with one attached hydrogen (secondary N) is 1. The van der Waals surface area contributed by atoms with E-state index >= 15 is 0 Å². The molecule has 0 fully saturated rings. The van der Waals surface area contributed by atoms with Crippen molar-refractivity contribution in [3.8, 4) is 0 Å². The van der Waals surface area contributed by atoms with Gasteiger partial charge in [0, 0.05) is 0 Å². The van der Waals surface area contributed by atoms with Gasteiger partial charge in [0.15, 0.2) is 0 Å². The van der Waals surface area contributed by atoms with Crippen molar-refractivity contribution in [3.63, 3.8) is 0 Å². The van der Waals surface area contributed by atoms with Crippen LogP contribution in [0.4, 0.5) is 0 Å². The molecule has 0 aromatic heterocycles. The van der Waals surface area contributed by atoms with E-state index in [9.17, 15) is 0 Å². The van der Waals surface area contributed by atoms with Crippen LogP contribution in [0.2, 0.25) is 0 Å². The summed E-state index contributed by atoms with van der Waals surface area (Å²) in [4.78, 5) is 0. The second-order valence-electron chi connectivity index (χ2n) is 5.38. The van der Waals surface area contributed by atoms with E-state index in [0.29, 0.717) is 5.41 Å². The van der Waals surface area contributed by atoms with Crippen molar-refractivity contribution < 1.29 is 0 Å². The molecule has 0 spiro atoms. The fourth-order valence-corrected chi connectivity index (χ4v) is 1.92. The van der Waals surface area contributed by atoms with Gasteiger partial charge in [-0.25, -0.2) is 0 Å². The summed E-state index contributed by atoms with van der Waals surface area (Å²) in [5.74, 6) is 0.871. The molecule has 1 atom stereocenters. The van der Waals surface area contributed by atoms with Crippen molar-refractivity contribution in [1.82, 2.24) is 5.32 Å². The van der Waals surface area contributed by atoms with Crippen LogP contribution in [0.15, 0.2) is 0 Å². The number of hydrogen-bond acceptors (Lipinski definition) is 1. The van der Waals surface area contributed by atoms with E-state index in [-0.39, 0.29) is 0 Å². The standard InChI is InChI=1S/C13H29N/c1-6-9-14-10-8-13(4,5)11-12(3)7-2/h12,14H,6-11H2,1-5H3. The Labute approximate surface area is 90.7 Å². The van der Waals surface area contributed by atoms with Crippen LogP contribution < -0.4 is 5.32 Å². The van der Waals surface area contributed by atoms with E-state index in [2.05, 4.69) is 39.9 Å². The fourth-order valence-electron chi connectivity index (χ4n) is 1.92. The van der Waals surface area contributed by atoms with Crippen molar-refractivity contribution >= 4 is 0 Å². The van der Waals surface area contributed by atoms with Crippen LogP contribution in [0.5, 0.6) is 0 Å². The van der Waals surface area contributed by atoms with Crippen LogP contribution in [0.1, 0.15) is 60.3 Å². The highest BCUT2D eigenvalue weighted by atomic mass is 14.8. The SMILES string of the molecule is CCCNCCC(C)(C)CC(C)CC. The molecule has 0 amide bonds. The van der Waals surface area contributed by atoms with Gasteiger partial charge in [0.1, 0.15) is 0 Å². The van der Waals surface area contributed by atoms with E-state index in [1.54, 1.807) is 0 Å². The van der Waals surface area contributed by atoms with E-state index in [0.717, 1.165) is 5.92 Å². The average Bonchev–Trinajstić information content (AvgIpc) is 2.12. The molecule has 0 aliphatic heterocycles. The third kappa shape index (κ3) is 7.37. The van der Waals surface area contributed by atoms with Crippen molar-refractivity contribution in [3.05, 3.63) is 0 Å². The van der Waals surface area contributed by atoms with Crippen LogP contribution in [-0.4, -0.2) is 13.1 Å². The molecule has 0 aromatic rings. The lowest BCUT2D eigenvalue weighted by atomic mass is 9.80. The first-order valence-corrected chi connectivity index (χ1v) is 6.22. The second kappa shape index (κ2) is 7.28. The van der Waals surface area contributed by atoms with Gasteiger partial charge >= 0.3 is 0 Å². The van der Waals surface area contributed by atoms with E-state index in [1.165, 1.54) is 38.8 Å². The summed E-state index contributed by atoms with van der Waals surface area (Å²) in [5.41, 5.74) is 0.510. The van der Waals surface area contributed by atoms with Crippen molar-refractivity contribution in [2.45, 2.75) is 60.3 Å². The smallest absolute Gasteiger partial charge is 0.00438 e. The molecule has 1 heteroatoms. The zero-order valence-corrected chi connectivity index (χ0v) is 10.8. The van der Waals surface area contributed by atoms with E-state index in [1.807, 2.05) is 0 Å². The Morgan fingerprint density at radius 2 is 1.79 bits per heavy atom. The van der Waals surface area contributed by atoms with Crippen molar-refractivity contribution in [1.29, 1.82) is 0 Å². The predicted molar refractivity (Wildman–Crippen MR) is 65.6 cm³/mol. The van der Waals surface area contributed by atoms with Crippen molar-refractivity contribution in [2.24, 2.45) is 11.3 Å². The maximum atomic E-state index is 3.48. The van der Waals surface area contributed by atoms with Gasteiger partial charge in [0.05, 0.1) is 0 Å². The number of hydrogen-bond donors (Lipinski definition) is 1. The molecule has 0 aromatic carbocycles. The normalized spacial score (nSPS) is 14.4. The van der Waals surface area contributed by atoms with Gasteiger partial charge < -0.3 is 5.32 Å². The minimum absolute atomic E-state index is 0.510. The Morgan fingerprint density at radius 3 is 2.29 bits per heavy atom. The van der Waals surface area contributed by atoms with Gasteiger partial charge in [-0.1, -0.05) is 41.0 Å². The Kier molecular flexibility index (Phi) is 7.26. The molecule has 1 nitrogen and oxygen atoms in total. The maximum absolute atomic E-state index is 3.48. The molecule has 0 aliphatic rings. The molecule has 0 saturated heterocycles. The highest BCUT2D eigenvalue weighted by Crippen LogP contribution is 2.29. The summed E-state index contributed by atoms with van der Waals surface area (Å²) < 4.78 is 0. The minimum atomic E-state index is 0.510.